The molecule has 0 spiro atoms. The minimum atomic E-state index is -0.541. The smallest absolute Gasteiger partial charge is 0.310 e. The molecule has 168 valence electrons. The average molecular weight is 494 g/mol. The lowest BCUT2D eigenvalue weighted by atomic mass is 10.1. The first-order chi connectivity index (χ1) is 14.7. The van der Waals surface area contributed by atoms with Crippen molar-refractivity contribution < 1.29 is 23.4 Å². The third-order valence-electron chi connectivity index (χ3n) is 4.75. The number of ether oxygens (including phenoxy) is 3. The highest BCUT2D eigenvalue weighted by molar-refractivity contribution is 9.10. The molecule has 2 aromatic carbocycles. The minimum absolute atomic E-state index is 0.109. The van der Waals surface area contributed by atoms with Crippen LogP contribution in [0.15, 0.2) is 40.9 Å². The van der Waals surface area contributed by atoms with Crippen molar-refractivity contribution in [2.24, 2.45) is 0 Å². The van der Waals surface area contributed by atoms with Crippen LogP contribution in [-0.2, 0) is 27.3 Å². The summed E-state index contributed by atoms with van der Waals surface area (Å²) in [6.07, 6.45) is 2.24. The highest BCUT2D eigenvalue weighted by Gasteiger charge is 2.19. The average Bonchev–Trinajstić information content (AvgIpc) is 3.21. The summed E-state index contributed by atoms with van der Waals surface area (Å²) in [5.74, 6) is -0.0524. The molecule has 5 nitrogen and oxygen atoms in total. The maximum Gasteiger partial charge on any atom is 0.310 e. The number of nitrogens with one attached hydrogen (secondary N) is 1. The third kappa shape index (κ3) is 7.21. The number of rotatable bonds is 8. The van der Waals surface area contributed by atoms with E-state index in [1.165, 1.54) is 0 Å². The number of carbonyl (C=O) groups is 1. The fraction of sp³-hybridized carbons (Fsp3) is 0.458. The summed E-state index contributed by atoms with van der Waals surface area (Å²) in [5, 5.41) is 3.15. The summed E-state index contributed by atoms with van der Waals surface area (Å²) < 4.78 is 31.9. The molecule has 2 aromatic rings. The van der Waals surface area contributed by atoms with Gasteiger partial charge in [-0.1, -0.05) is 18.2 Å². The molecule has 0 amide bonds. The predicted molar refractivity (Wildman–Crippen MR) is 122 cm³/mol. The van der Waals surface area contributed by atoms with Crippen molar-refractivity contribution in [1.82, 2.24) is 0 Å². The number of hydrogen-bond acceptors (Lipinski definition) is 5. The number of anilines is 1. The number of benzene rings is 2. The molecule has 1 heterocycles. The Balaban J connectivity index is 1.66. The molecule has 1 aliphatic rings. The Morgan fingerprint density at radius 2 is 2.06 bits per heavy atom. The maximum absolute atomic E-state index is 14.5. The zero-order chi connectivity index (χ0) is 22.4. The molecule has 0 aliphatic carbocycles. The van der Waals surface area contributed by atoms with Gasteiger partial charge in [0.15, 0.2) is 5.82 Å². The Labute approximate surface area is 191 Å². The van der Waals surface area contributed by atoms with E-state index in [1.807, 2.05) is 45.0 Å². The molecule has 1 aliphatic heterocycles. The molecule has 0 bridgehead atoms. The molecular weight excluding hydrogens is 465 g/mol. The van der Waals surface area contributed by atoms with E-state index in [4.69, 9.17) is 14.2 Å². The lowest BCUT2D eigenvalue weighted by Gasteiger charge is -2.20. The van der Waals surface area contributed by atoms with Gasteiger partial charge in [-0.3, -0.25) is 4.79 Å². The Morgan fingerprint density at radius 3 is 2.77 bits per heavy atom. The van der Waals surface area contributed by atoms with Gasteiger partial charge in [0.1, 0.15) is 18.0 Å². The van der Waals surface area contributed by atoms with Gasteiger partial charge in [0.2, 0.25) is 0 Å². The van der Waals surface area contributed by atoms with Gasteiger partial charge in [-0.2, -0.15) is 0 Å². The molecule has 1 N–H and O–H groups in total. The Morgan fingerprint density at radius 1 is 1.29 bits per heavy atom. The van der Waals surface area contributed by atoms with Gasteiger partial charge in [0, 0.05) is 18.7 Å². The Kier molecular flexibility index (Phi) is 7.94. The Bertz CT molecular complexity index is 907. The van der Waals surface area contributed by atoms with Gasteiger partial charge in [-0.15, -0.1) is 0 Å². The second kappa shape index (κ2) is 10.5. The van der Waals surface area contributed by atoms with Crippen LogP contribution in [0.2, 0.25) is 0 Å². The first kappa shape index (κ1) is 23.5. The van der Waals surface area contributed by atoms with E-state index in [-0.39, 0.29) is 30.9 Å². The molecule has 3 rings (SSSR count). The number of esters is 1. The molecule has 0 saturated carbocycles. The highest BCUT2D eigenvalue weighted by atomic mass is 79.9. The number of para-hydroxylation sites is 1. The minimum Gasteiger partial charge on any atom is -0.489 e. The van der Waals surface area contributed by atoms with Crippen LogP contribution >= 0.6 is 15.9 Å². The first-order valence-corrected chi connectivity index (χ1v) is 11.3. The van der Waals surface area contributed by atoms with Gasteiger partial charge in [-0.25, -0.2) is 4.39 Å². The largest absolute Gasteiger partial charge is 0.489 e. The lowest BCUT2D eigenvalue weighted by molar-refractivity contribution is -0.153. The highest BCUT2D eigenvalue weighted by Crippen LogP contribution is 2.28. The summed E-state index contributed by atoms with van der Waals surface area (Å²) in [5.41, 5.74) is 1.41. The normalized spacial score (nSPS) is 16.2. The van der Waals surface area contributed by atoms with E-state index >= 15 is 0 Å². The van der Waals surface area contributed by atoms with E-state index in [0.29, 0.717) is 22.5 Å². The summed E-state index contributed by atoms with van der Waals surface area (Å²) in [7, 11) is 0. The van der Waals surface area contributed by atoms with E-state index in [9.17, 15) is 9.18 Å². The molecule has 0 radical (unpaired) electrons. The molecule has 1 atom stereocenters. The topological polar surface area (TPSA) is 56.8 Å². The van der Waals surface area contributed by atoms with Gasteiger partial charge >= 0.3 is 5.97 Å². The number of carbonyl (C=O) groups excluding carboxylic acids is 1. The van der Waals surface area contributed by atoms with Crippen molar-refractivity contribution >= 4 is 27.6 Å². The second-order valence-electron chi connectivity index (χ2n) is 8.61. The molecule has 31 heavy (non-hydrogen) atoms. The van der Waals surface area contributed by atoms with Crippen LogP contribution < -0.4 is 10.1 Å². The Hall–Kier alpha value is -2.12. The van der Waals surface area contributed by atoms with Crippen LogP contribution in [0.5, 0.6) is 5.75 Å². The molecule has 0 aromatic heterocycles. The zero-order valence-electron chi connectivity index (χ0n) is 18.2. The van der Waals surface area contributed by atoms with Crippen LogP contribution in [-0.4, -0.2) is 30.8 Å². The van der Waals surface area contributed by atoms with Gasteiger partial charge in [0.05, 0.1) is 22.7 Å². The lowest BCUT2D eigenvalue weighted by Crippen LogP contribution is -2.25. The van der Waals surface area contributed by atoms with E-state index in [2.05, 4.69) is 21.2 Å². The second-order valence-corrected chi connectivity index (χ2v) is 9.47. The fourth-order valence-electron chi connectivity index (χ4n) is 3.37. The van der Waals surface area contributed by atoms with Crippen LogP contribution in [0.1, 0.15) is 44.7 Å². The van der Waals surface area contributed by atoms with Crippen molar-refractivity contribution in [3.05, 3.63) is 57.8 Å². The third-order valence-corrected chi connectivity index (χ3v) is 5.33. The summed E-state index contributed by atoms with van der Waals surface area (Å²) in [6.45, 7) is 7.07. The van der Waals surface area contributed by atoms with E-state index in [1.54, 1.807) is 12.1 Å². The van der Waals surface area contributed by atoms with Crippen molar-refractivity contribution in [2.75, 3.05) is 18.5 Å². The molecule has 1 saturated heterocycles. The van der Waals surface area contributed by atoms with Crippen LogP contribution in [0, 0.1) is 5.82 Å². The fourth-order valence-corrected chi connectivity index (χ4v) is 3.88. The summed E-state index contributed by atoms with van der Waals surface area (Å²) in [6, 6.07) is 10.8. The van der Waals surface area contributed by atoms with Gasteiger partial charge in [-0.05, 0) is 73.3 Å². The predicted octanol–water partition coefficient (Wildman–Crippen LogP) is 5.64. The molecule has 1 unspecified atom stereocenters. The zero-order valence-corrected chi connectivity index (χ0v) is 19.8. The number of halogens is 2. The van der Waals surface area contributed by atoms with Crippen molar-refractivity contribution in [2.45, 2.75) is 58.3 Å². The molecule has 7 heteroatoms. The number of hydrogen-bond donors (Lipinski definition) is 1. The standard InChI is InChI=1S/C24H29BrFNO4/c1-24(2,3)31-22(28)13-17-7-4-5-9-21(17)30-15-16-11-19(25)23(26)20(12-16)27-14-18-8-6-10-29-18/h4-5,7,9,11-12,18,27H,6,8,10,13-15H2,1-3H3. The van der Waals surface area contributed by atoms with Crippen molar-refractivity contribution in [1.29, 1.82) is 0 Å². The van der Waals surface area contributed by atoms with Crippen LogP contribution in [0.25, 0.3) is 0 Å². The van der Waals surface area contributed by atoms with Crippen molar-refractivity contribution in [3.8, 4) is 5.75 Å². The van der Waals surface area contributed by atoms with Crippen molar-refractivity contribution in [3.63, 3.8) is 0 Å². The summed E-state index contributed by atoms with van der Waals surface area (Å²) >= 11 is 3.29. The summed E-state index contributed by atoms with van der Waals surface area (Å²) in [4.78, 5) is 12.2. The van der Waals surface area contributed by atoms with Crippen LogP contribution in [0.3, 0.4) is 0 Å². The quantitative estimate of drug-likeness (QED) is 0.482. The molecule has 1 fully saturated rings. The molecular formula is C24H29BrFNO4. The SMILES string of the molecule is CC(C)(C)OC(=O)Cc1ccccc1OCc1cc(Br)c(F)c(NCC2CCCO2)c1. The van der Waals surface area contributed by atoms with Gasteiger partial charge in [0.25, 0.3) is 0 Å². The monoisotopic (exact) mass is 493 g/mol. The first-order valence-electron chi connectivity index (χ1n) is 10.5. The maximum atomic E-state index is 14.5. The van der Waals surface area contributed by atoms with Crippen LogP contribution in [0.4, 0.5) is 10.1 Å². The van der Waals surface area contributed by atoms with Gasteiger partial charge < -0.3 is 19.5 Å². The van der Waals surface area contributed by atoms with E-state index < -0.39 is 5.60 Å². The van der Waals surface area contributed by atoms with E-state index in [0.717, 1.165) is 30.6 Å².